The van der Waals surface area contributed by atoms with E-state index in [0.717, 1.165) is 5.69 Å². The number of nitrogens with zero attached hydrogens (tertiary/aromatic N) is 3. The third-order valence-electron chi connectivity index (χ3n) is 5.94. The van der Waals surface area contributed by atoms with Gasteiger partial charge < -0.3 is 15.1 Å². The Balaban J connectivity index is 1.22. The number of carbonyl (C=O) groups excluding carboxylic acids is 1. The van der Waals surface area contributed by atoms with Crippen LogP contribution in [-0.2, 0) is 9.84 Å². The summed E-state index contributed by atoms with van der Waals surface area (Å²) in [4.78, 5) is 21.3. The number of hydrogen-bond acceptors (Lipinski definition) is 7. The van der Waals surface area contributed by atoms with E-state index in [4.69, 9.17) is 0 Å². The summed E-state index contributed by atoms with van der Waals surface area (Å²) < 4.78 is 37.5. The van der Waals surface area contributed by atoms with Crippen LogP contribution in [0, 0.1) is 5.82 Å². The van der Waals surface area contributed by atoms with Crippen LogP contribution in [-0.4, -0.2) is 73.4 Å². The molecule has 0 aliphatic carbocycles. The maximum atomic E-state index is 14.0. The van der Waals surface area contributed by atoms with Crippen molar-refractivity contribution in [3.05, 3.63) is 59.9 Å². The minimum absolute atomic E-state index is 0.0296. The van der Waals surface area contributed by atoms with Gasteiger partial charge in [0.25, 0.3) is 5.91 Å². The Kier molecular flexibility index (Phi) is 5.58. The number of hydrogen-bond donors (Lipinski definition) is 1. The fourth-order valence-corrected chi connectivity index (χ4v) is 7.99. The molecular weight excluding hydrogens is 451 g/mol. The van der Waals surface area contributed by atoms with E-state index in [1.54, 1.807) is 29.2 Å². The van der Waals surface area contributed by atoms with E-state index in [-0.39, 0.29) is 34.5 Å². The number of rotatable bonds is 3. The second kappa shape index (κ2) is 8.40. The Bertz CT molecular complexity index is 1180. The molecule has 10 heteroatoms. The number of piperazine rings is 1. The summed E-state index contributed by atoms with van der Waals surface area (Å²) in [6.07, 6.45) is 0. The Morgan fingerprint density at radius 2 is 1.84 bits per heavy atom. The molecule has 2 saturated heterocycles. The van der Waals surface area contributed by atoms with Crippen molar-refractivity contribution in [2.24, 2.45) is 4.99 Å². The highest BCUT2D eigenvalue weighted by Gasteiger charge is 2.42. The van der Waals surface area contributed by atoms with Crippen molar-refractivity contribution in [2.75, 3.05) is 47.9 Å². The highest BCUT2D eigenvalue weighted by molar-refractivity contribution is 8.15. The molecule has 3 aliphatic rings. The number of halogens is 1. The van der Waals surface area contributed by atoms with Crippen molar-refractivity contribution in [3.63, 3.8) is 0 Å². The van der Waals surface area contributed by atoms with E-state index in [0.29, 0.717) is 42.6 Å². The Morgan fingerprint density at radius 3 is 2.59 bits per heavy atom. The van der Waals surface area contributed by atoms with Gasteiger partial charge in [-0.3, -0.25) is 9.79 Å². The van der Waals surface area contributed by atoms with Gasteiger partial charge in [0.05, 0.1) is 23.2 Å². The Labute approximate surface area is 190 Å². The van der Waals surface area contributed by atoms with Gasteiger partial charge in [0, 0.05) is 42.7 Å². The number of carbonyl (C=O) groups is 1. The minimum atomic E-state index is -2.99. The summed E-state index contributed by atoms with van der Waals surface area (Å²) in [5.74, 6) is -0.0481. The zero-order valence-corrected chi connectivity index (χ0v) is 18.9. The molecule has 0 aromatic heterocycles. The number of aliphatic imine (C=N–C) groups is 1. The van der Waals surface area contributed by atoms with E-state index < -0.39 is 9.84 Å². The van der Waals surface area contributed by atoms with Gasteiger partial charge >= 0.3 is 0 Å². The number of sulfone groups is 1. The molecule has 0 saturated carbocycles. The summed E-state index contributed by atoms with van der Waals surface area (Å²) in [5, 5.41) is 3.89. The average Bonchev–Trinajstić information content (AvgIpc) is 3.26. The van der Waals surface area contributed by atoms with Gasteiger partial charge in [-0.2, -0.15) is 0 Å². The molecule has 1 amide bonds. The standard InChI is InChI=1S/C22H23FN4O3S2/c23-17-6-1-2-7-19(17)26-8-10-27(11-9-26)21(28)15-4-3-5-16(12-15)24-22-25-18-13-32(29,30)14-20(18)31-22/h1-7,12,18,20H,8-11,13-14H2,(H,24,25). The van der Waals surface area contributed by atoms with Crippen molar-refractivity contribution in [3.8, 4) is 0 Å². The lowest BCUT2D eigenvalue weighted by Gasteiger charge is -2.36. The summed E-state index contributed by atoms with van der Waals surface area (Å²) in [6.45, 7) is 2.18. The molecule has 7 nitrogen and oxygen atoms in total. The molecule has 0 bridgehead atoms. The number of para-hydroxylation sites is 1. The first-order valence-electron chi connectivity index (χ1n) is 10.5. The second-order valence-electron chi connectivity index (χ2n) is 8.17. The van der Waals surface area contributed by atoms with Crippen LogP contribution in [0.5, 0.6) is 0 Å². The molecule has 0 spiro atoms. The third-order valence-corrected chi connectivity index (χ3v) is 9.08. The molecule has 32 heavy (non-hydrogen) atoms. The number of anilines is 2. The monoisotopic (exact) mass is 474 g/mol. The second-order valence-corrected chi connectivity index (χ2v) is 11.6. The predicted octanol–water partition coefficient (Wildman–Crippen LogP) is 2.47. The highest BCUT2D eigenvalue weighted by atomic mass is 32.2. The molecule has 2 aromatic rings. The summed E-state index contributed by atoms with van der Waals surface area (Å²) in [5.41, 5.74) is 1.88. The van der Waals surface area contributed by atoms with Crippen LogP contribution in [0.4, 0.5) is 15.8 Å². The highest BCUT2D eigenvalue weighted by Crippen LogP contribution is 2.34. The normalized spacial score (nSPS) is 24.2. The number of amides is 1. The largest absolute Gasteiger partial charge is 0.366 e. The topological polar surface area (TPSA) is 82.1 Å². The molecule has 2 aromatic carbocycles. The van der Waals surface area contributed by atoms with E-state index in [1.807, 2.05) is 23.1 Å². The zero-order chi connectivity index (χ0) is 22.3. The first kappa shape index (κ1) is 21.3. The molecular formula is C22H23FN4O3S2. The fourth-order valence-electron chi connectivity index (χ4n) is 4.31. The molecule has 2 atom stereocenters. The molecule has 2 fully saturated rings. The lowest BCUT2D eigenvalue weighted by molar-refractivity contribution is 0.0746. The number of benzene rings is 2. The van der Waals surface area contributed by atoms with Gasteiger partial charge in [0.15, 0.2) is 15.0 Å². The van der Waals surface area contributed by atoms with Crippen LogP contribution in [0.1, 0.15) is 10.4 Å². The zero-order valence-electron chi connectivity index (χ0n) is 17.3. The lowest BCUT2D eigenvalue weighted by atomic mass is 10.1. The van der Waals surface area contributed by atoms with Crippen molar-refractivity contribution >= 4 is 44.0 Å². The van der Waals surface area contributed by atoms with E-state index in [2.05, 4.69) is 10.3 Å². The minimum Gasteiger partial charge on any atom is -0.366 e. The number of nitrogens with one attached hydrogen (secondary N) is 1. The quantitative estimate of drug-likeness (QED) is 0.736. The van der Waals surface area contributed by atoms with Crippen LogP contribution in [0.25, 0.3) is 0 Å². The Hall–Kier alpha value is -2.59. The molecule has 5 rings (SSSR count). The van der Waals surface area contributed by atoms with Crippen molar-refractivity contribution in [1.29, 1.82) is 0 Å². The summed E-state index contributed by atoms with van der Waals surface area (Å²) in [7, 11) is -2.99. The Morgan fingerprint density at radius 1 is 1.06 bits per heavy atom. The third kappa shape index (κ3) is 4.33. The molecule has 3 aliphatic heterocycles. The van der Waals surface area contributed by atoms with Crippen LogP contribution in [0.2, 0.25) is 0 Å². The van der Waals surface area contributed by atoms with Gasteiger partial charge in [-0.15, -0.1) is 0 Å². The van der Waals surface area contributed by atoms with Crippen molar-refractivity contribution in [1.82, 2.24) is 4.90 Å². The molecule has 0 radical (unpaired) electrons. The molecule has 2 unspecified atom stereocenters. The van der Waals surface area contributed by atoms with Crippen LogP contribution in [0.15, 0.2) is 53.5 Å². The van der Waals surface area contributed by atoms with Crippen molar-refractivity contribution < 1.29 is 17.6 Å². The SMILES string of the molecule is O=C(c1cccc(NC2=NC3CS(=O)(=O)CC3S2)c1)N1CCN(c2ccccc2F)CC1. The van der Waals surface area contributed by atoms with Crippen LogP contribution < -0.4 is 10.2 Å². The van der Waals surface area contributed by atoms with Gasteiger partial charge in [-0.05, 0) is 30.3 Å². The summed E-state index contributed by atoms with van der Waals surface area (Å²) >= 11 is 1.45. The van der Waals surface area contributed by atoms with E-state index >= 15 is 0 Å². The average molecular weight is 475 g/mol. The first-order chi connectivity index (χ1) is 15.4. The molecule has 1 N–H and O–H groups in total. The fraction of sp³-hybridized carbons (Fsp3) is 0.364. The van der Waals surface area contributed by atoms with Gasteiger partial charge in [0.2, 0.25) is 0 Å². The van der Waals surface area contributed by atoms with E-state index in [9.17, 15) is 17.6 Å². The maximum Gasteiger partial charge on any atom is 0.254 e. The van der Waals surface area contributed by atoms with Crippen molar-refractivity contribution in [2.45, 2.75) is 11.3 Å². The number of amidine groups is 1. The van der Waals surface area contributed by atoms with Crippen LogP contribution in [0.3, 0.4) is 0 Å². The van der Waals surface area contributed by atoms with Gasteiger partial charge in [-0.25, -0.2) is 12.8 Å². The maximum absolute atomic E-state index is 14.0. The lowest BCUT2D eigenvalue weighted by Crippen LogP contribution is -2.49. The molecule has 3 heterocycles. The van der Waals surface area contributed by atoms with E-state index in [1.165, 1.54) is 17.8 Å². The predicted molar refractivity (Wildman–Crippen MR) is 126 cm³/mol. The van der Waals surface area contributed by atoms with Gasteiger partial charge in [-0.1, -0.05) is 30.0 Å². The van der Waals surface area contributed by atoms with Crippen LogP contribution >= 0.6 is 11.8 Å². The summed E-state index contributed by atoms with van der Waals surface area (Å²) in [6, 6.07) is 13.7. The number of fused-ring (bicyclic) bond motifs is 1. The number of thioether (sulfide) groups is 1. The molecule has 168 valence electrons. The first-order valence-corrected chi connectivity index (χ1v) is 13.2. The smallest absolute Gasteiger partial charge is 0.254 e. The van der Waals surface area contributed by atoms with Gasteiger partial charge in [0.1, 0.15) is 5.82 Å².